The monoisotopic (exact) mass is 406 g/mol. The van der Waals surface area contributed by atoms with Crippen LogP contribution in [0.2, 0.25) is 0 Å². The molecule has 1 saturated heterocycles. The van der Waals surface area contributed by atoms with Crippen LogP contribution in [0.1, 0.15) is 36.6 Å². The first kappa shape index (κ1) is 19.5. The normalized spacial score (nSPS) is 19.4. The van der Waals surface area contributed by atoms with Gasteiger partial charge in [-0.2, -0.15) is 18.3 Å². The number of aromatic nitrogens is 2. The quantitative estimate of drug-likeness (QED) is 0.834. The van der Waals surface area contributed by atoms with Gasteiger partial charge in [0.2, 0.25) is 11.8 Å². The maximum atomic E-state index is 13.0. The molecule has 154 valence electrons. The summed E-state index contributed by atoms with van der Waals surface area (Å²) in [5, 5.41) is 7.24. The first-order chi connectivity index (χ1) is 13.8. The molecule has 2 aromatic rings. The fraction of sp³-hybridized carbons (Fsp3) is 0.450. The van der Waals surface area contributed by atoms with Crippen molar-refractivity contribution in [2.45, 2.75) is 44.9 Å². The summed E-state index contributed by atoms with van der Waals surface area (Å²) in [4.78, 5) is 28.2. The molecule has 1 N–H and O–H groups in total. The van der Waals surface area contributed by atoms with E-state index in [1.165, 1.54) is 19.1 Å². The Kier molecular flexibility index (Phi) is 4.84. The third kappa shape index (κ3) is 3.61. The number of fused-ring (bicyclic) bond motifs is 1. The van der Waals surface area contributed by atoms with E-state index in [0.29, 0.717) is 43.7 Å². The zero-order valence-corrected chi connectivity index (χ0v) is 15.9. The molecule has 0 saturated carbocycles. The predicted molar refractivity (Wildman–Crippen MR) is 98.6 cm³/mol. The van der Waals surface area contributed by atoms with Crippen molar-refractivity contribution in [1.29, 1.82) is 0 Å². The molecule has 6 nitrogen and oxygen atoms in total. The minimum absolute atomic E-state index is 0.0806. The van der Waals surface area contributed by atoms with E-state index in [1.807, 2.05) is 0 Å². The molecule has 1 aromatic heterocycles. The van der Waals surface area contributed by atoms with Gasteiger partial charge in [-0.15, -0.1) is 0 Å². The van der Waals surface area contributed by atoms with Gasteiger partial charge in [-0.3, -0.25) is 14.7 Å². The second-order valence-corrected chi connectivity index (χ2v) is 7.48. The zero-order valence-electron chi connectivity index (χ0n) is 15.9. The summed E-state index contributed by atoms with van der Waals surface area (Å²) >= 11 is 0. The molecule has 2 aliphatic heterocycles. The Hall–Kier alpha value is -2.84. The minimum Gasteiger partial charge on any atom is -0.336 e. The molecule has 29 heavy (non-hydrogen) atoms. The number of carbonyl (C=O) groups excluding carboxylic acids is 2. The Morgan fingerprint density at radius 1 is 1.17 bits per heavy atom. The lowest BCUT2D eigenvalue weighted by Gasteiger charge is -2.32. The van der Waals surface area contributed by atoms with E-state index >= 15 is 0 Å². The van der Waals surface area contributed by atoms with E-state index in [2.05, 4.69) is 10.2 Å². The molecule has 3 heterocycles. The summed E-state index contributed by atoms with van der Waals surface area (Å²) < 4.78 is 38.5. The number of amides is 2. The van der Waals surface area contributed by atoms with Crippen LogP contribution in [-0.4, -0.2) is 50.9 Å². The van der Waals surface area contributed by atoms with Crippen LogP contribution >= 0.6 is 0 Å². The molecule has 1 unspecified atom stereocenters. The standard InChI is InChI=1S/C20H21F3N4O2/c1-12(28)27-9-2-3-17(27)19(29)26-10-8-16-15(11-26)18(25-24-16)13-4-6-14(7-5-13)20(21,22)23/h4-7,17H,2-3,8-11H2,1H3,(H,24,25). The third-order valence-electron chi connectivity index (χ3n) is 5.67. The molecular weight excluding hydrogens is 385 g/mol. The van der Waals surface area contributed by atoms with E-state index in [9.17, 15) is 22.8 Å². The summed E-state index contributed by atoms with van der Waals surface area (Å²) in [7, 11) is 0. The van der Waals surface area contributed by atoms with E-state index in [4.69, 9.17) is 0 Å². The lowest BCUT2D eigenvalue weighted by Crippen LogP contribution is -2.48. The number of halogens is 3. The van der Waals surface area contributed by atoms with Gasteiger partial charge >= 0.3 is 6.18 Å². The maximum absolute atomic E-state index is 13.0. The molecule has 0 spiro atoms. The van der Waals surface area contributed by atoms with Crippen LogP contribution in [0, 0.1) is 0 Å². The minimum atomic E-state index is -4.39. The fourth-order valence-electron chi connectivity index (χ4n) is 4.15. The first-order valence-corrected chi connectivity index (χ1v) is 9.55. The van der Waals surface area contributed by atoms with Gasteiger partial charge in [0.25, 0.3) is 0 Å². The molecule has 9 heteroatoms. The molecule has 4 rings (SSSR count). The number of hydrogen-bond donors (Lipinski definition) is 1. The Morgan fingerprint density at radius 3 is 2.55 bits per heavy atom. The van der Waals surface area contributed by atoms with Crippen LogP contribution in [-0.2, 0) is 28.7 Å². The topological polar surface area (TPSA) is 69.3 Å². The second kappa shape index (κ2) is 7.20. The van der Waals surface area contributed by atoms with Gasteiger partial charge in [0.05, 0.1) is 11.3 Å². The van der Waals surface area contributed by atoms with Crippen LogP contribution in [0.25, 0.3) is 11.3 Å². The molecule has 0 aliphatic carbocycles. The number of hydrogen-bond acceptors (Lipinski definition) is 3. The number of alkyl halides is 3. The number of rotatable bonds is 2. The number of nitrogens with zero attached hydrogens (tertiary/aromatic N) is 3. The van der Waals surface area contributed by atoms with Crippen LogP contribution in [0.3, 0.4) is 0 Å². The number of nitrogens with one attached hydrogen (secondary N) is 1. The van der Waals surface area contributed by atoms with Crippen molar-refractivity contribution in [2.24, 2.45) is 0 Å². The van der Waals surface area contributed by atoms with Crippen LogP contribution < -0.4 is 0 Å². The summed E-state index contributed by atoms with van der Waals surface area (Å²) in [6.07, 6.45) is -2.35. The van der Waals surface area contributed by atoms with E-state index in [-0.39, 0.29) is 11.8 Å². The van der Waals surface area contributed by atoms with Crippen LogP contribution in [0.15, 0.2) is 24.3 Å². The van der Waals surface area contributed by atoms with Gasteiger partial charge in [-0.05, 0) is 25.0 Å². The van der Waals surface area contributed by atoms with E-state index < -0.39 is 17.8 Å². The van der Waals surface area contributed by atoms with Crippen molar-refractivity contribution in [3.63, 3.8) is 0 Å². The number of benzene rings is 1. The molecule has 1 atom stereocenters. The molecule has 0 radical (unpaired) electrons. The number of aromatic amines is 1. The Balaban J connectivity index is 1.56. The van der Waals surface area contributed by atoms with Gasteiger partial charge in [0, 0.05) is 49.8 Å². The highest BCUT2D eigenvalue weighted by atomic mass is 19.4. The van der Waals surface area contributed by atoms with Crippen molar-refractivity contribution in [3.05, 3.63) is 41.1 Å². The summed E-state index contributed by atoms with van der Waals surface area (Å²) in [5.74, 6) is -0.185. The lowest BCUT2D eigenvalue weighted by atomic mass is 9.99. The van der Waals surface area contributed by atoms with Crippen molar-refractivity contribution in [3.8, 4) is 11.3 Å². The Bertz CT molecular complexity index is 936. The van der Waals surface area contributed by atoms with E-state index in [1.54, 1.807) is 9.80 Å². The summed E-state index contributed by atoms with van der Waals surface area (Å²) in [6.45, 7) is 2.90. The highest BCUT2D eigenvalue weighted by Gasteiger charge is 2.37. The number of likely N-dealkylation sites (tertiary alicyclic amines) is 1. The largest absolute Gasteiger partial charge is 0.416 e. The lowest BCUT2D eigenvalue weighted by molar-refractivity contribution is -0.143. The zero-order chi connectivity index (χ0) is 20.8. The number of carbonyl (C=O) groups is 2. The highest BCUT2D eigenvalue weighted by Crippen LogP contribution is 2.33. The summed E-state index contributed by atoms with van der Waals surface area (Å²) in [6, 6.07) is 4.43. The van der Waals surface area contributed by atoms with Crippen LogP contribution in [0.5, 0.6) is 0 Å². The Labute approximate surface area is 165 Å². The molecular formula is C20H21F3N4O2. The fourth-order valence-corrected chi connectivity index (χ4v) is 4.15. The van der Waals surface area contributed by atoms with Crippen LogP contribution in [0.4, 0.5) is 13.2 Å². The SMILES string of the molecule is CC(=O)N1CCCC1C(=O)N1CCc2[nH]nc(-c3ccc(C(F)(F)F)cc3)c2C1. The summed E-state index contributed by atoms with van der Waals surface area (Å²) in [5.41, 5.74) is 2.11. The van der Waals surface area contributed by atoms with Crippen molar-refractivity contribution >= 4 is 11.8 Å². The van der Waals surface area contributed by atoms with E-state index in [0.717, 1.165) is 29.8 Å². The average Bonchev–Trinajstić information content (AvgIpc) is 3.33. The second-order valence-electron chi connectivity index (χ2n) is 7.48. The molecule has 2 amide bonds. The van der Waals surface area contributed by atoms with Gasteiger partial charge in [-0.25, -0.2) is 0 Å². The van der Waals surface area contributed by atoms with Crippen molar-refractivity contribution in [2.75, 3.05) is 13.1 Å². The Morgan fingerprint density at radius 2 is 1.90 bits per heavy atom. The van der Waals surface area contributed by atoms with Crippen molar-refractivity contribution < 1.29 is 22.8 Å². The molecule has 1 aromatic carbocycles. The smallest absolute Gasteiger partial charge is 0.336 e. The molecule has 2 aliphatic rings. The third-order valence-corrected chi connectivity index (χ3v) is 5.67. The maximum Gasteiger partial charge on any atom is 0.416 e. The van der Waals surface area contributed by atoms with Gasteiger partial charge in [0.15, 0.2) is 0 Å². The predicted octanol–water partition coefficient (Wildman–Crippen LogP) is 2.99. The van der Waals surface area contributed by atoms with Gasteiger partial charge in [-0.1, -0.05) is 12.1 Å². The van der Waals surface area contributed by atoms with Crippen molar-refractivity contribution in [1.82, 2.24) is 20.0 Å². The molecule has 1 fully saturated rings. The average molecular weight is 406 g/mol. The van der Waals surface area contributed by atoms with Gasteiger partial charge in [0.1, 0.15) is 6.04 Å². The van der Waals surface area contributed by atoms with Gasteiger partial charge < -0.3 is 9.80 Å². The first-order valence-electron chi connectivity index (χ1n) is 9.55. The molecule has 0 bridgehead atoms. The highest BCUT2D eigenvalue weighted by molar-refractivity contribution is 5.87. The number of H-pyrrole nitrogens is 1.